The minimum absolute atomic E-state index is 0. The molecule has 0 fully saturated rings. The second kappa shape index (κ2) is 22.4. The first-order valence-electron chi connectivity index (χ1n) is 1.34. The fourth-order valence-corrected chi connectivity index (χ4v) is 0. The fourth-order valence-electron chi connectivity index (χ4n) is 0. The van der Waals surface area contributed by atoms with Crippen LogP contribution in [0.25, 0.3) is 0 Å². The number of hydrogen-bond donors (Lipinski definition) is 0. The van der Waals surface area contributed by atoms with Gasteiger partial charge in [0.25, 0.3) is 0 Å². The van der Waals surface area contributed by atoms with E-state index in [4.69, 9.17) is 20.3 Å². The van der Waals surface area contributed by atoms with E-state index in [0.717, 1.165) is 0 Å². The van der Waals surface area contributed by atoms with Crippen LogP contribution in [0.3, 0.4) is 0 Å². The summed E-state index contributed by atoms with van der Waals surface area (Å²) in [5.41, 5.74) is 0. The first-order valence-corrected chi connectivity index (χ1v) is 1.34. The standard InChI is InChI=1S/C2H3N.CH2O3.2Cs/c1-2-3;2-1(3)4;;/h1H3;(H2,2,3,4);;/q;;2*+1/p-2. The summed E-state index contributed by atoms with van der Waals surface area (Å²) >= 11 is 0. The molecule has 9 heavy (non-hydrogen) atoms. The van der Waals surface area contributed by atoms with E-state index in [2.05, 4.69) is 0 Å². The minimum atomic E-state index is -2.33. The normalized spacial score (nSPS) is 3.56. The van der Waals surface area contributed by atoms with Gasteiger partial charge in [0.15, 0.2) is 0 Å². The average molecular weight is 367 g/mol. The van der Waals surface area contributed by atoms with Gasteiger partial charge in [0.1, 0.15) is 0 Å². The van der Waals surface area contributed by atoms with Gasteiger partial charge in [-0.2, -0.15) is 5.26 Å². The molecule has 40 valence electrons. The summed E-state index contributed by atoms with van der Waals surface area (Å²) in [5, 5.41) is 24.0. The van der Waals surface area contributed by atoms with Crippen molar-refractivity contribution in [1.29, 1.82) is 5.26 Å². The number of carbonyl (C=O) groups excluding carboxylic acids is 1. The van der Waals surface area contributed by atoms with E-state index >= 15 is 0 Å². The van der Waals surface area contributed by atoms with Crippen molar-refractivity contribution in [3.05, 3.63) is 0 Å². The Kier molecular flexibility index (Phi) is 56.4. The first-order chi connectivity index (χ1) is 3.15. The van der Waals surface area contributed by atoms with Crippen LogP contribution in [0.1, 0.15) is 6.92 Å². The third-order valence-electron chi connectivity index (χ3n) is 0. The number of rotatable bonds is 0. The summed E-state index contributed by atoms with van der Waals surface area (Å²) in [7, 11) is 0. The minimum Gasteiger partial charge on any atom is -0.652 e. The molecule has 0 aliphatic carbocycles. The van der Waals surface area contributed by atoms with Gasteiger partial charge in [-0.1, -0.05) is 0 Å². The number of carboxylic acid groups (broad SMARTS) is 2. The smallest absolute Gasteiger partial charge is 0.652 e. The van der Waals surface area contributed by atoms with E-state index in [1.54, 1.807) is 6.07 Å². The van der Waals surface area contributed by atoms with E-state index < -0.39 is 6.16 Å². The molecule has 0 aliphatic heterocycles. The quantitative estimate of drug-likeness (QED) is 0.426. The summed E-state index contributed by atoms with van der Waals surface area (Å²) in [6, 6.07) is 1.75. The molecular weight excluding hydrogens is 364 g/mol. The molecule has 0 aromatic heterocycles. The van der Waals surface area contributed by atoms with E-state index in [1.807, 2.05) is 0 Å². The van der Waals surface area contributed by atoms with Crippen molar-refractivity contribution in [2.24, 2.45) is 0 Å². The van der Waals surface area contributed by atoms with Crippen LogP contribution >= 0.6 is 0 Å². The summed E-state index contributed by atoms with van der Waals surface area (Å²) < 4.78 is 0. The zero-order valence-electron chi connectivity index (χ0n) is 5.67. The van der Waals surface area contributed by atoms with Crippen LogP contribution in [-0.4, -0.2) is 6.16 Å². The Morgan fingerprint density at radius 2 is 1.44 bits per heavy atom. The molecule has 0 bridgehead atoms. The van der Waals surface area contributed by atoms with Gasteiger partial charge in [-0.15, -0.1) is 0 Å². The van der Waals surface area contributed by atoms with E-state index in [-0.39, 0.29) is 138 Å². The largest absolute Gasteiger partial charge is 1.00 e. The van der Waals surface area contributed by atoms with Crippen LogP contribution in [-0.2, 0) is 0 Å². The van der Waals surface area contributed by atoms with Gasteiger partial charge >= 0.3 is 138 Å². The van der Waals surface area contributed by atoms with E-state index in [0.29, 0.717) is 0 Å². The van der Waals surface area contributed by atoms with Gasteiger partial charge in [-0.05, 0) is 6.16 Å². The van der Waals surface area contributed by atoms with Crippen molar-refractivity contribution in [2.45, 2.75) is 6.92 Å². The molecule has 0 N–H and O–H groups in total. The second-order valence-corrected chi connectivity index (χ2v) is 0.474. The molecule has 0 amide bonds. The van der Waals surface area contributed by atoms with Crippen LogP contribution in [0.15, 0.2) is 0 Å². The number of nitriles is 1. The Hall–Kier alpha value is 2.86. The van der Waals surface area contributed by atoms with E-state index in [9.17, 15) is 0 Å². The zero-order valence-corrected chi connectivity index (χ0v) is 18.2. The SMILES string of the molecule is CC#N.O=C([O-])[O-].[Cs+].[Cs+]. The summed E-state index contributed by atoms with van der Waals surface area (Å²) in [5.74, 6) is 0. The maximum absolute atomic E-state index is 8.33. The summed E-state index contributed by atoms with van der Waals surface area (Å²) in [4.78, 5) is 8.33. The van der Waals surface area contributed by atoms with Crippen LogP contribution in [0.5, 0.6) is 0 Å². The molecule has 0 unspecified atom stereocenters. The molecule has 4 nitrogen and oxygen atoms in total. The summed E-state index contributed by atoms with van der Waals surface area (Å²) in [6.45, 7) is 1.43. The second-order valence-electron chi connectivity index (χ2n) is 0.474. The maximum Gasteiger partial charge on any atom is 1.00 e. The van der Waals surface area contributed by atoms with E-state index in [1.165, 1.54) is 6.92 Å². The Morgan fingerprint density at radius 3 is 1.44 bits per heavy atom. The predicted molar refractivity (Wildman–Crippen MR) is 16.7 cm³/mol. The van der Waals surface area contributed by atoms with Crippen LogP contribution in [0, 0.1) is 11.3 Å². The molecule has 0 heterocycles. The van der Waals surface area contributed by atoms with Crippen molar-refractivity contribution in [3.63, 3.8) is 0 Å². The molecule has 6 heteroatoms. The average Bonchev–Trinajstić information content (AvgIpc) is 1.33. The predicted octanol–water partition coefficient (Wildman–Crippen LogP) is -7.91. The van der Waals surface area contributed by atoms with Gasteiger partial charge in [-0.25, -0.2) is 0 Å². The third-order valence-corrected chi connectivity index (χ3v) is 0. The Labute approximate surface area is 171 Å². The van der Waals surface area contributed by atoms with Crippen molar-refractivity contribution >= 4 is 6.16 Å². The molecule has 0 saturated carbocycles. The third kappa shape index (κ3) is 104. The molecule has 0 aliphatic rings. The molecule has 0 saturated heterocycles. The van der Waals surface area contributed by atoms with Crippen LogP contribution in [0.2, 0.25) is 0 Å². The number of nitrogens with zero attached hydrogens (tertiary/aromatic N) is 1. The number of hydrogen-bond acceptors (Lipinski definition) is 4. The zero-order chi connectivity index (χ0) is 6.28. The molecule has 0 spiro atoms. The van der Waals surface area contributed by atoms with Gasteiger partial charge in [0.2, 0.25) is 0 Å². The number of carbonyl (C=O) groups is 1. The Balaban J connectivity index is -0.0000000233. The van der Waals surface area contributed by atoms with Crippen molar-refractivity contribution in [1.82, 2.24) is 0 Å². The fraction of sp³-hybridized carbons (Fsp3) is 0.333. The first kappa shape index (κ1) is 22.6. The molecule has 0 atom stereocenters. The topological polar surface area (TPSA) is 87.0 Å². The maximum atomic E-state index is 8.33. The van der Waals surface area contributed by atoms with Crippen molar-refractivity contribution in [3.8, 4) is 6.07 Å². The van der Waals surface area contributed by atoms with Gasteiger partial charge in [0.05, 0.1) is 6.07 Å². The Morgan fingerprint density at radius 1 is 1.44 bits per heavy atom. The van der Waals surface area contributed by atoms with Gasteiger partial charge < -0.3 is 15.0 Å². The van der Waals surface area contributed by atoms with Crippen LogP contribution in [0.4, 0.5) is 4.79 Å². The molecule has 0 rings (SSSR count). The van der Waals surface area contributed by atoms with Crippen molar-refractivity contribution < 1.29 is 153 Å². The molecule has 0 aromatic carbocycles. The van der Waals surface area contributed by atoms with Gasteiger partial charge in [-0.3, -0.25) is 0 Å². The molecular formula is C3H3Cs2NO3. The Bertz CT molecular complexity index is 85.5. The summed E-state index contributed by atoms with van der Waals surface area (Å²) in [6.07, 6.45) is -2.33. The molecule has 0 aromatic rings. The monoisotopic (exact) mass is 367 g/mol. The van der Waals surface area contributed by atoms with Gasteiger partial charge in [0, 0.05) is 6.92 Å². The van der Waals surface area contributed by atoms with Crippen LogP contribution < -0.4 is 148 Å². The molecule has 0 radical (unpaired) electrons. The van der Waals surface area contributed by atoms with Crippen molar-refractivity contribution in [2.75, 3.05) is 0 Å².